The van der Waals surface area contributed by atoms with E-state index in [1.54, 1.807) is 0 Å². The molecule has 2 aromatic rings. The molecule has 2 fully saturated rings. The summed E-state index contributed by atoms with van der Waals surface area (Å²) in [6.45, 7) is 8.17. The largest absolute Gasteiger partial charge is 0.310 e. The van der Waals surface area contributed by atoms with Crippen molar-refractivity contribution in [1.82, 2.24) is 15.2 Å². The molecule has 0 aliphatic carbocycles. The van der Waals surface area contributed by atoms with E-state index in [1.165, 1.54) is 46.5 Å². The number of hydrogen-bond acceptors (Lipinski definition) is 4. The first-order valence-electron chi connectivity index (χ1n) is 9.87. The van der Waals surface area contributed by atoms with Gasteiger partial charge in [-0.25, -0.2) is 4.98 Å². The summed E-state index contributed by atoms with van der Waals surface area (Å²) in [5.74, 6) is 1.43. The normalized spacial score (nSPS) is 34.5. The first-order chi connectivity index (χ1) is 12.0. The third-order valence-corrected chi connectivity index (χ3v) is 7.68. The highest BCUT2D eigenvalue weighted by Crippen LogP contribution is 2.38. The van der Waals surface area contributed by atoms with Crippen LogP contribution in [0.15, 0.2) is 18.2 Å². The number of piperidine rings is 2. The summed E-state index contributed by atoms with van der Waals surface area (Å²) in [4.78, 5) is 7.58. The lowest BCUT2D eigenvalue weighted by Gasteiger charge is -2.39. The highest BCUT2D eigenvalue weighted by atomic mass is 32.1. The molecule has 2 aliphatic rings. The average Bonchev–Trinajstić information content (AvgIpc) is 3.03. The van der Waals surface area contributed by atoms with Crippen molar-refractivity contribution >= 4 is 21.6 Å². The van der Waals surface area contributed by atoms with Crippen molar-refractivity contribution in [3.63, 3.8) is 0 Å². The molecular formula is C21H31N3S. The fraction of sp³-hybridized carbons (Fsp3) is 0.667. The van der Waals surface area contributed by atoms with E-state index in [-0.39, 0.29) is 0 Å². The number of thiazole rings is 1. The van der Waals surface area contributed by atoms with Gasteiger partial charge >= 0.3 is 0 Å². The maximum absolute atomic E-state index is 5.07. The molecule has 0 bridgehead atoms. The zero-order valence-electron chi connectivity index (χ0n) is 16.0. The standard InChI is InChI=1S/C21H31N3S/c1-13-5-7-18(22-12-13)16-6-8-20-19(11-16)23-21(25-20)17-9-14(2)24(4)15(3)10-17/h6,8,11,13-15,17-18,22H,5,7,9-10,12H2,1-4H3/t13-,14-,15+,17+,18+/m0/s1. The van der Waals surface area contributed by atoms with Crippen LogP contribution >= 0.6 is 11.3 Å². The van der Waals surface area contributed by atoms with Gasteiger partial charge in [0, 0.05) is 24.0 Å². The Labute approximate surface area is 155 Å². The third kappa shape index (κ3) is 3.49. The molecule has 0 amide bonds. The Morgan fingerprint density at radius 3 is 2.56 bits per heavy atom. The maximum atomic E-state index is 5.07. The van der Waals surface area contributed by atoms with Crippen LogP contribution in [0.2, 0.25) is 0 Å². The van der Waals surface area contributed by atoms with Crippen molar-refractivity contribution in [2.75, 3.05) is 13.6 Å². The molecule has 1 aromatic carbocycles. The number of benzene rings is 1. The lowest BCUT2D eigenvalue weighted by Crippen LogP contribution is -2.43. The molecule has 1 N–H and O–H groups in total. The van der Waals surface area contributed by atoms with Gasteiger partial charge in [0.05, 0.1) is 15.2 Å². The van der Waals surface area contributed by atoms with Crippen LogP contribution in [0.25, 0.3) is 10.2 Å². The van der Waals surface area contributed by atoms with Crippen molar-refractivity contribution in [1.29, 1.82) is 0 Å². The van der Waals surface area contributed by atoms with Crippen LogP contribution in [0.4, 0.5) is 0 Å². The smallest absolute Gasteiger partial charge is 0.0970 e. The maximum Gasteiger partial charge on any atom is 0.0970 e. The SMILES string of the molecule is C[C@H]1CC[C@H](c2ccc3sc([C@H]4C[C@@H](C)N(C)[C@@H](C)C4)nc3c2)NC1. The zero-order valence-corrected chi connectivity index (χ0v) is 16.8. The average molecular weight is 358 g/mol. The van der Waals surface area contributed by atoms with E-state index in [0.29, 0.717) is 24.0 Å². The highest BCUT2D eigenvalue weighted by Gasteiger charge is 2.31. The van der Waals surface area contributed by atoms with Gasteiger partial charge in [0.1, 0.15) is 0 Å². The predicted molar refractivity (Wildman–Crippen MR) is 107 cm³/mol. The molecule has 3 nitrogen and oxygen atoms in total. The molecule has 0 radical (unpaired) electrons. The third-order valence-electron chi connectivity index (χ3n) is 6.48. The molecule has 4 heteroatoms. The Kier molecular flexibility index (Phi) is 4.87. The number of hydrogen-bond donors (Lipinski definition) is 1. The van der Waals surface area contributed by atoms with Crippen LogP contribution < -0.4 is 5.32 Å². The van der Waals surface area contributed by atoms with Crippen LogP contribution in [-0.2, 0) is 0 Å². The molecule has 0 saturated carbocycles. The predicted octanol–water partition coefficient (Wildman–Crippen LogP) is 4.94. The second-order valence-corrected chi connectivity index (χ2v) is 9.52. The first kappa shape index (κ1) is 17.4. The van der Waals surface area contributed by atoms with Gasteiger partial charge in [-0.3, -0.25) is 0 Å². The molecule has 3 heterocycles. The van der Waals surface area contributed by atoms with E-state index in [9.17, 15) is 0 Å². The van der Waals surface area contributed by atoms with Gasteiger partial charge in [-0.1, -0.05) is 13.0 Å². The molecule has 0 unspecified atom stereocenters. The Hall–Kier alpha value is -0.970. The van der Waals surface area contributed by atoms with Crippen molar-refractivity contribution in [3.8, 4) is 0 Å². The summed E-state index contributed by atoms with van der Waals surface area (Å²) in [5.41, 5.74) is 2.62. The fourth-order valence-corrected chi connectivity index (χ4v) is 5.60. The van der Waals surface area contributed by atoms with Crippen LogP contribution in [0, 0.1) is 5.92 Å². The second kappa shape index (κ2) is 6.98. The van der Waals surface area contributed by atoms with E-state index in [2.05, 4.69) is 56.2 Å². The van der Waals surface area contributed by atoms with Gasteiger partial charge in [-0.2, -0.15) is 0 Å². The first-order valence-corrected chi connectivity index (χ1v) is 10.7. The quantitative estimate of drug-likeness (QED) is 0.825. The number of likely N-dealkylation sites (tertiary alicyclic amines) is 1. The highest BCUT2D eigenvalue weighted by molar-refractivity contribution is 7.18. The molecule has 4 rings (SSSR count). The second-order valence-electron chi connectivity index (χ2n) is 8.45. The summed E-state index contributed by atoms with van der Waals surface area (Å²) in [6, 6.07) is 8.75. The van der Waals surface area contributed by atoms with E-state index in [0.717, 1.165) is 12.5 Å². The summed E-state index contributed by atoms with van der Waals surface area (Å²) < 4.78 is 1.35. The molecule has 136 valence electrons. The Morgan fingerprint density at radius 2 is 1.88 bits per heavy atom. The monoisotopic (exact) mass is 357 g/mol. The molecule has 5 atom stereocenters. The van der Waals surface area contributed by atoms with Crippen molar-refractivity contribution in [2.24, 2.45) is 5.92 Å². The minimum atomic E-state index is 0.508. The van der Waals surface area contributed by atoms with Gasteiger partial charge in [0.25, 0.3) is 0 Å². The van der Waals surface area contributed by atoms with Gasteiger partial charge in [0.2, 0.25) is 0 Å². The van der Waals surface area contributed by atoms with Gasteiger partial charge in [-0.15, -0.1) is 11.3 Å². The number of aromatic nitrogens is 1. The van der Waals surface area contributed by atoms with Crippen LogP contribution in [0.1, 0.15) is 69.0 Å². The molecule has 25 heavy (non-hydrogen) atoms. The Balaban J connectivity index is 1.56. The number of nitrogens with one attached hydrogen (secondary N) is 1. The van der Waals surface area contributed by atoms with Gasteiger partial charge < -0.3 is 10.2 Å². The Morgan fingerprint density at radius 1 is 1.12 bits per heavy atom. The number of rotatable bonds is 2. The van der Waals surface area contributed by atoms with Crippen LogP contribution in [-0.4, -0.2) is 35.6 Å². The molecule has 2 aliphatic heterocycles. The van der Waals surface area contributed by atoms with Crippen LogP contribution in [0.5, 0.6) is 0 Å². The summed E-state index contributed by atoms with van der Waals surface area (Å²) in [7, 11) is 2.26. The van der Waals surface area contributed by atoms with E-state index in [4.69, 9.17) is 4.98 Å². The molecule has 0 spiro atoms. The summed E-state index contributed by atoms with van der Waals surface area (Å²) in [6.07, 6.45) is 5.03. The summed E-state index contributed by atoms with van der Waals surface area (Å²) >= 11 is 1.91. The van der Waals surface area contributed by atoms with E-state index in [1.807, 2.05) is 11.3 Å². The molecular weight excluding hydrogens is 326 g/mol. The minimum absolute atomic E-state index is 0.508. The molecule has 2 saturated heterocycles. The summed E-state index contributed by atoms with van der Waals surface area (Å²) in [5, 5.41) is 5.06. The molecule has 1 aromatic heterocycles. The van der Waals surface area contributed by atoms with Crippen molar-refractivity contribution in [3.05, 3.63) is 28.8 Å². The fourth-order valence-electron chi connectivity index (χ4n) is 4.53. The number of fused-ring (bicyclic) bond motifs is 1. The minimum Gasteiger partial charge on any atom is -0.310 e. The van der Waals surface area contributed by atoms with Crippen molar-refractivity contribution in [2.45, 2.75) is 70.5 Å². The zero-order chi connectivity index (χ0) is 17.6. The van der Waals surface area contributed by atoms with Gasteiger partial charge in [-0.05, 0) is 76.7 Å². The number of nitrogens with zero attached hydrogens (tertiary/aromatic N) is 2. The van der Waals surface area contributed by atoms with Crippen LogP contribution in [0.3, 0.4) is 0 Å². The van der Waals surface area contributed by atoms with E-state index < -0.39 is 0 Å². The van der Waals surface area contributed by atoms with Gasteiger partial charge in [0.15, 0.2) is 0 Å². The van der Waals surface area contributed by atoms with E-state index >= 15 is 0 Å². The Bertz CT molecular complexity index is 720. The lowest BCUT2D eigenvalue weighted by molar-refractivity contribution is 0.122. The van der Waals surface area contributed by atoms with Crippen molar-refractivity contribution < 1.29 is 0 Å². The lowest BCUT2D eigenvalue weighted by atomic mass is 9.88. The topological polar surface area (TPSA) is 28.2 Å².